The molecule has 4 rings (SSSR count). The number of pyridine rings is 1. The minimum atomic E-state index is -0.150. The molecular formula is C18H22N6O2. The van der Waals surface area contributed by atoms with Crippen LogP contribution in [0.15, 0.2) is 35.5 Å². The number of piperidine rings is 1. The van der Waals surface area contributed by atoms with Crippen molar-refractivity contribution in [1.82, 2.24) is 19.9 Å². The number of hydrogen-bond donors (Lipinski definition) is 2. The number of nitrogens with zero attached hydrogens (tertiary/aromatic N) is 4. The molecule has 0 aliphatic carbocycles. The van der Waals surface area contributed by atoms with Crippen molar-refractivity contribution in [2.45, 2.75) is 31.3 Å². The third kappa shape index (κ3) is 3.20. The Morgan fingerprint density at radius 3 is 2.81 bits per heavy atom. The van der Waals surface area contributed by atoms with Gasteiger partial charge in [0.25, 0.3) is 0 Å². The molecule has 0 aromatic carbocycles. The van der Waals surface area contributed by atoms with Crippen LogP contribution in [0.5, 0.6) is 0 Å². The standard InChI is InChI=1S/C18H22N6O2/c19-13-9-23(10-15(13)24-6-2-1-3-18(24)26)16-7-14(21-11-22-16)12-4-5-17(25)20-8-12/h4-5,7-8,11,13,15H,1-3,6,9-10,19H2,(H,20,25)/t13-,15-/m0/s1. The monoisotopic (exact) mass is 354 g/mol. The zero-order valence-electron chi connectivity index (χ0n) is 14.5. The van der Waals surface area contributed by atoms with Crippen LogP contribution in [0.4, 0.5) is 5.82 Å². The Bertz CT molecular complexity index is 846. The van der Waals surface area contributed by atoms with Crippen LogP contribution in [-0.2, 0) is 4.79 Å². The molecule has 0 bridgehead atoms. The highest BCUT2D eigenvalue weighted by atomic mass is 16.2. The quantitative estimate of drug-likeness (QED) is 0.824. The smallest absolute Gasteiger partial charge is 0.247 e. The largest absolute Gasteiger partial charge is 0.353 e. The number of rotatable bonds is 3. The van der Waals surface area contributed by atoms with E-state index in [4.69, 9.17) is 5.73 Å². The van der Waals surface area contributed by atoms with Crippen LogP contribution < -0.4 is 16.2 Å². The molecule has 2 fully saturated rings. The first-order valence-corrected chi connectivity index (χ1v) is 8.93. The molecule has 2 aliphatic heterocycles. The Morgan fingerprint density at radius 2 is 2.04 bits per heavy atom. The second-order valence-electron chi connectivity index (χ2n) is 6.88. The van der Waals surface area contributed by atoms with E-state index in [9.17, 15) is 9.59 Å². The van der Waals surface area contributed by atoms with Gasteiger partial charge in [-0.2, -0.15) is 0 Å². The molecule has 0 spiro atoms. The maximum atomic E-state index is 12.2. The molecule has 8 heteroatoms. The molecule has 26 heavy (non-hydrogen) atoms. The van der Waals surface area contributed by atoms with Crippen LogP contribution in [0.3, 0.4) is 0 Å². The van der Waals surface area contributed by atoms with Gasteiger partial charge in [0.1, 0.15) is 12.1 Å². The SMILES string of the molecule is N[C@H]1CN(c2cc(-c3ccc(=O)[nH]c3)ncn2)C[C@@H]1N1CCCCC1=O. The maximum absolute atomic E-state index is 12.2. The Balaban J connectivity index is 1.55. The predicted octanol–water partition coefficient (Wildman–Crippen LogP) is 0.360. The van der Waals surface area contributed by atoms with E-state index >= 15 is 0 Å². The topological polar surface area (TPSA) is 108 Å². The van der Waals surface area contributed by atoms with Crippen LogP contribution in [0.1, 0.15) is 19.3 Å². The fraction of sp³-hybridized carbons (Fsp3) is 0.444. The molecule has 0 saturated carbocycles. The minimum absolute atomic E-state index is 0.0225. The summed E-state index contributed by atoms with van der Waals surface area (Å²) in [5.74, 6) is 0.985. The van der Waals surface area contributed by atoms with Gasteiger partial charge in [-0.15, -0.1) is 0 Å². The van der Waals surface area contributed by atoms with Gasteiger partial charge in [0, 0.05) is 56.0 Å². The molecule has 3 N–H and O–H groups in total. The number of nitrogens with one attached hydrogen (secondary N) is 1. The number of aromatic amines is 1. The summed E-state index contributed by atoms with van der Waals surface area (Å²) in [5.41, 5.74) is 7.75. The lowest BCUT2D eigenvalue weighted by Gasteiger charge is -2.34. The van der Waals surface area contributed by atoms with Crippen molar-refractivity contribution in [3.8, 4) is 11.3 Å². The third-order valence-corrected chi connectivity index (χ3v) is 5.15. The normalized spacial score (nSPS) is 23.5. The molecule has 8 nitrogen and oxygen atoms in total. The highest BCUT2D eigenvalue weighted by Gasteiger charge is 2.38. The second-order valence-corrected chi connectivity index (χ2v) is 6.88. The lowest BCUT2D eigenvalue weighted by Crippen LogP contribution is -2.51. The number of nitrogens with two attached hydrogens (primary N) is 1. The van der Waals surface area contributed by atoms with Gasteiger partial charge in [-0.1, -0.05) is 0 Å². The van der Waals surface area contributed by atoms with Crippen molar-refractivity contribution in [3.05, 3.63) is 41.1 Å². The van der Waals surface area contributed by atoms with E-state index in [2.05, 4.69) is 19.9 Å². The summed E-state index contributed by atoms with van der Waals surface area (Å²) >= 11 is 0. The van der Waals surface area contributed by atoms with Crippen molar-refractivity contribution in [2.75, 3.05) is 24.5 Å². The van der Waals surface area contributed by atoms with Crippen molar-refractivity contribution in [2.24, 2.45) is 5.73 Å². The molecule has 0 radical (unpaired) electrons. The summed E-state index contributed by atoms with van der Waals surface area (Å²) < 4.78 is 0. The molecular weight excluding hydrogens is 332 g/mol. The van der Waals surface area contributed by atoms with Gasteiger partial charge in [-0.25, -0.2) is 9.97 Å². The van der Waals surface area contributed by atoms with Gasteiger partial charge in [-0.05, 0) is 18.9 Å². The van der Waals surface area contributed by atoms with Crippen molar-refractivity contribution in [3.63, 3.8) is 0 Å². The lowest BCUT2D eigenvalue weighted by molar-refractivity contribution is -0.135. The van der Waals surface area contributed by atoms with Crippen LogP contribution in [0.2, 0.25) is 0 Å². The minimum Gasteiger partial charge on any atom is -0.353 e. The number of carbonyl (C=O) groups excluding carboxylic acids is 1. The summed E-state index contributed by atoms with van der Waals surface area (Å²) in [4.78, 5) is 38.8. The lowest BCUT2D eigenvalue weighted by atomic mass is 10.1. The summed E-state index contributed by atoms with van der Waals surface area (Å²) in [6, 6.07) is 5.02. The Hall–Kier alpha value is -2.74. The average Bonchev–Trinajstić information content (AvgIpc) is 3.04. The number of carbonyl (C=O) groups is 1. The van der Waals surface area contributed by atoms with Crippen molar-refractivity contribution < 1.29 is 4.79 Å². The fourth-order valence-corrected chi connectivity index (χ4v) is 3.75. The molecule has 2 aliphatic rings. The van der Waals surface area contributed by atoms with Gasteiger partial charge >= 0.3 is 0 Å². The third-order valence-electron chi connectivity index (χ3n) is 5.15. The number of hydrogen-bond acceptors (Lipinski definition) is 6. The van der Waals surface area contributed by atoms with E-state index in [0.29, 0.717) is 19.5 Å². The molecule has 136 valence electrons. The molecule has 2 saturated heterocycles. The van der Waals surface area contributed by atoms with E-state index < -0.39 is 0 Å². The fourth-order valence-electron chi connectivity index (χ4n) is 3.75. The van der Waals surface area contributed by atoms with E-state index in [0.717, 1.165) is 36.5 Å². The van der Waals surface area contributed by atoms with Crippen LogP contribution in [0, 0.1) is 0 Å². The summed E-state index contributed by atoms with van der Waals surface area (Å²) in [6.07, 6.45) is 5.78. The predicted molar refractivity (Wildman–Crippen MR) is 97.6 cm³/mol. The summed E-state index contributed by atoms with van der Waals surface area (Å²) in [7, 11) is 0. The Labute approximate surface area is 151 Å². The first kappa shape index (κ1) is 16.7. The molecule has 4 heterocycles. The van der Waals surface area contributed by atoms with Gasteiger partial charge in [0.05, 0.1) is 11.7 Å². The Kier molecular flexibility index (Phi) is 4.42. The van der Waals surface area contributed by atoms with E-state index in [1.807, 2.05) is 11.0 Å². The van der Waals surface area contributed by atoms with Crippen molar-refractivity contribution in [1.29, 1.82) is 0 Å². The molecule has 2 aromatic rings. The highest BCUT2D eigenvalue weighted by molar-refractivity contribution is 5.77. The zero-order valence-corrected chi connectivity index (χ0v) is 14.5. The van der Waals surface area contributed by atoms with Crippen molar-refractivity contribution >= 4 is 11.7 Å². The van der Waals surface area contributed by atoms with Gasteiger partial charge in [-0.3, -0.25) is 9.59 Å². The molecule has 0 unspecified atom stereocenters. The number of anilines is 1. The summed E-state index contributed by atoms with van der Waals surface area (Å²) in [6.45, 7) is 2.11. The zero-order chi connectivity index (χ0) is 18.1. The highest BCUT2D eigenvalue weighted by Crippen LogP contribution is 2.26. The van der Waals surface area contributed by atoms with E-state index in [1.165, 1.54) is 12.4 Å². The molecule has 1 amide bonds. The van der Waals surface area contributed by atoms with Crippen LogP contribution in [0.25, 0.3) is 11.3 Å². The first-order chi connectivity index (χ1) is 12.6. The van der Waals surface area contributed by atoms with Gasteiger partial charge < -0.3 is 20.5 Å². The Morgan fingerprint density at radius 1 is 1.15 bits per heavy atom. The second kappa shape index (κ2) is 6.87. The first-order valence-electron chi connectivity index (χ1n) is 8.93. The average molecular weight is 354 g/mol. The summed E-state index contributed by atoms with van der Waals surface area (Å²) in [5, 5.41) is 0. The van der Waals surface area contributed by atoms with Crippen LogP contribution >= 0.6 is 0 Å². The van der Waals surface area contributed by atoms with Gasteiger partial charge in [0.15, 0.2) is 0 Å². The number of likely N-dealkylation sites (tertiary alicyclic amines) is 1. The number of amides is 1. The van der Waals surface area contributed by atoms with E-state index in [1.54, 1.807) is 12.3 Å². The van der Waals surface area contributed by atoms with E-state index in [-0.39, 0.29) is 23.6 Å². The van der Waals surface area contributed by atoms with Gasteiger partial charge in [0.2, 0.25) is 11.5 Å². The van der Waals surface area contributed by atoms with Crippen LogP contribution in [-0.4, -0.2) is 57.5 Å². The molecule has 2 atom stereocenters. The molecule has 2 aromatic heterocycles. The number of aromatic nitrogens is 3. The number of H-pyrrole nitrogens is 1. The maximum Gasteiger partial charge on any atom is 0.247 e.